The molecule has 1 heterocycles. The Balaban J connectivity index is 2.18. The van der Waals surface area contributed by atoms with E-state index in [-0.39, 0.29) is 35.6 Å². The first-order valence-corrected chi connectivity index (χ1v) is 8.29. The largest absolute Gasteiger partial charge is 0.312 e. The highest BCUT2D eigenvalue weighted by Crippen LogP contribution is 2.28. The van der Waals surface area contributed by atoms with Crippen LogP contribution in [0.15, 0.2) is 18.2 Å². The molecule has 1 fully saturated rings. The van der Waals surface area contributed by atoms with E-state index in [2.05, 4.69) is 0 Å². The lowest BCUT2D eigenvalue weighted by Gasteiger charge is -2.16. The van der Waals surface area contributed by atoms with E-state index in [1.54, 1.807) is 0 Å². The third kappa shape index (κ3) is 3.58. The van der Waals surface area contributed by atoms with E-state index in [4.69, 9.17) is 22.3 Å². The van der Waals surface area contributed by atoms with E-state index in [0.29, 0.717) is 5.69 Å². The summed E-state index contributed by atoms with van der Waals surface area (Å²) < 4.78 is 35.3. The molecule has 4 nitrogen and oxygen atoms in total. The van der Waals surface area contributed by atoms with Crippen molar-refractivity contribution in [1.82, 2.24) is 0 Å². The number of hydrogen-bond donors (Lipinski definition) is 0. The van der Waals surface area contributed by atoms with Gasteiger partial charge in [-0.25, -0.2) is 12.8 Å². The maximum Gasteiger partial charge on any atom is 0.232 e. The van der Waals surface area contributed by atoms with Gasteiger partial charge in [-0.05, 0) is 18.2 Å². The van der Waals surface area contributed by atoms with E-state index in [9.17, 15) is 17.6 Å². The first kappa shape index (κ1) is 14.6. The number of rotatable bonds is 3. The van der Waals surface area contributed by atoms with Crippen LogP contribution in [0.1, 0.15) is 6.42 Å². The molecule has 104 valence electrons. The number of nitrogens with zero attached hydrogens (tertiary/aromatic N) is 1. The molecule has 1 unspecified atom stereocenters. The second-order valence-corrected chi connectivity index (χ2v) is 7.61. The molecule has 1 saturated heterocycles. The van der Waals surface area contributed by atoms with Crippen molar-refractivity contribution < 1.29 is 17.6 Å². The molecule has 0 radical (unpaired) electrons. The summed E-state index contributed by atoms with van der Waals surface area (Å²) in [5.74, 6) is -1.53. The van der Waals surface area contributed by atoms with Crippen molar-refractivity contribution in [3.63, 3.8) is 0 Å². The molecule has 1 amide bonds. The Morgan fingerprint density at radius 3 is 2.68 bits per heavy atom. The number of amides is 1. The highest BCUT2D eigenvalue weighted by molar-refractivity contribution is 8.13. The van der Waals surface area contributed by atoms with Gasteiger partial charge in [-0.15, -0.1) is 0 Å². The summed E-state index contributed by atoms with van der Waals surface area (Å²) in [6, 6.07) is 4.02. The van der Waals surface area contributed by atoms with E-state index >= 15 is 0 Å². The molecule has 1 atom stereocenters. The van der Waals surface area contributed by atoms with E-state index in [0.717, 1.165) is 6.07 Å². The average molecular weight is 326 g/mol. The molecule has 1 aliphatic rings. The predicted molar refractivity (Wildman–Crippen MR) is 71.5 cm³/mol. The Hall–Kier alpha value is -0.850. The van der Waals surface area contributed by atoms with Gasteiger partial charge in [0.25, 0.3) is 0 Å². The predicted octanol–water partition coefficient (Wildman–Crippen LogP) is 2.40. The summed E-state index contributed by atoms with van der Waals surface area (Å²) in [6.45, 7) is 0.200. The van der Waals surface area contributed by atoms with Gasteiger partial charge in [-0.3, -0.25) is 4.79 Å². The van der Waals surface area contributed by atoms with Gasteiger partial charge in [0.15, 0.2) is 0 Å². The molecule has 0 N–H and O–H groups in total. The minimum Gasteiger partial charge on any atom is -0.312 e. The maximum absolute atomic E-state index is 13.3. The summed E-state index contributed by atoms with van der Waals surface area (Å²) >= 11 is 5.56. The fraction of sp³-hybridized carbons (Fsp3) is 0.364. The number of hydrogen-bond acceptors (Lipinski definition) is 3. The second kappa shape index (κ2) is 5.26. The van der Waals surface area contributed by atoms with Crippen molar-refractivity contribution in [2.45, 2.75) is 6.42 Å². The van der Waals surface area contributed by atoms with Gasteiger partial charge in [0, 0.05) is 35.3 Å². The number of benzene rings is 1. The summed E-state index contributed by atoms with van der Waals surface area (Å²) in [5.41, 5.74) is 0.362. The standard InChI is InChI=1S/C11H10Cl2FNO3S/c12-9-2-1-8(4-10(9)14)15-5-7(3-11(15)16)6-19(13,17)18/h1-2,4,7H,3,5-6H2. The molecule has 1 aromatic rings. The van der Waals surface area contributed by atoms with E-state index < -0.39 is 14.9 Å². The topological polar surface area (TPSA) is 54.5 Å². The number of halogens is 3. The van der Waals surface area contributed by atoms with Gasteiger partial charge >= 0.3 is 0 Å². The first-order chi connectivity index (χ1) is 8.76. The molecule has 0 bridgehead atoms. The second-order valence-electron chi connectivity index (χ2n) is 4.38. The van der Waals surface area contributed by atoms with Crippen LogP contribution < -0.4 is 4.90 Å². The molecule has 0 spiro atoms. The lowest BCUT2D eigenvalue weighted by Crippen LogP contribution is -2.25. The van der Waals surface area contributed by atoms with Crippen LogP contribution in [0.5, 0.6) is 0 Å². The summed E-state index contributed by atoms with van der Waals surface area (Å²) in [4.78, 5) is 13.1. The smallest absolute Gasteiger partial charge is 0.232 e. The van der Waals surface area contributed by atoms with Crippen LogP contribution >= 0.6 is 22.3 Å². The van der Waals surface area contributed by atoms with Crippen molar-refractivity contribution in [3.8, 4) is 0 Å². The lowest BCUT2D eigenvalue weighted by atomic mass is 10.1. The monoisotopic (exact) mass is 325 g/mol. The lowest BCUT2D eigenvalue weighted by molar-refractivity contribution is -0.117. The van der Waals surface area contributed by atoms with Crippen molar-refractivity contribution >= 4 is 42.9 Å². The highest BCUT2D eigenvalue weighted by Gasteiger charge is 2.33. The fourth-order valence-electron chi connectivity index (χ4n) is 2.08. The van der Waals surface area contributed by atoms with Gasteiger partial charge in [0.1, 0.15) is 5.82 Å². The Morgan fingerprint density at radius 2 is 2.11 bits per heavy atom. The summed E-state index contributed by atoms with van der Waals surface area (Å²) in [6.07, 6.45) is 0.0796. The number of anilines is 1. The zero-order valence-electron chi connectivity index (χ0n) is 9.64. The number of carbonyl (C=O) groups is 1. The van der Waals surface area contributed by atoms with Crippen LogP contribution in [0.25, 0.3) is 0 Å². The van der Waals surface area contributed by atoms with Crippen LogP contribution in [0, 0.1) is 11.7 Å². The minimum atomic E-state index is -3.65. The molecular formula is C11H10Cl2FNO3S. The molecule has 19 heavy (non-hydrogen) atoms. The summed E-state index contributed by atoms with van der Waals surface area (Å²) in [5, 5.41) is -0.0321. The van der Waals surface area contributed by atoms with E-state index in [1.165, 1.54) is 17.0 Å². The SMILES string of the molecule is O=C1CC(CS(=O)(=O)Cl)CN1c1ccc(Cl)c(F)c1. The van der Waals surface area contributed by atoms with Crippen molar-refractivity contribution in [2.75, 3.05) is 17.2 Å². The average Bonchev–Trinajstić information content (AvgIpc) is 2.61. The molecular weight excluding hydrogens is 316 g/mol. The fourth-order valence-corrected chi connectivity index (χ4v) is 3.52. The Morgan fingerprint density at radius 1 is 1.42 bits per heavy atom. The highest BCUT2D eigenvalue weighted by atomic mass is 35.7. The molecule has 2 rings (SSSR count). The Labute approximate surface area is 119 Å². The van der Waals surface area contributed by atoms with Crippen LogP contribution in [-0.2, 0) is 13.8 Å². The third-order valence-corrected chi connectivity index (χ3v) is 4.41. The van der Waals surface area contributed by atoms with Crippen LogP contribution in [-0.4, -0.2) is 26.6 Å². The van der Waals surface area contributed by atoms with Crippen LogP contribution in [0.4, 0.5) is 10.1 Å². The molecule has 0 saturated carbocycles. The molecule has 0 aromatic heterocycles. The van der Waals surface area contributed by atoms with Gasteiger partial charge in [0.2, 0.25) is 15.0 Å². The van der Waals surface area contributed by atoms with Gasteiger partial charge in [0.05, 0.1) is 10.8 Å². The third-order valence-electron chi connectivity index (χ3n) is 2.85. The molecule has 1 aliphatic heterocycles. The van der Waals surface area contributed by atoms with Crippen LogP contribution in [0.3, 0.4) is 0 Å². The molecule has 8 heteroatoms. The molecule has 0 aliphatic carbocycles. The number of carbonyl (C=O) groups excluding carboxylic acids is 1. The Bertz CT molecular complexity index is 620. The summed E-state index contributed by atoms with van der Waals surface area (Å²) in [7, 11) is 1.51. The quantitative estimate of drug-likeness (QED) is 0.802. The maximum atomic E-state index is 13.3. The first-order valence-electron chi connectivity index (χ1n) is 5.44. The molecule has 1 aromatic carbocycles. The van der Waals surface area contributed by atoms with Gasteiger partial charge in [-0.2, -0.15) is 0 Å². The van der Waals surface area contributed by atoms with Crippen molar-refractivity contribution in [1.29, 1.82) is 0 Å². The van der Waals surface area contributed by atoms with E-state index in [1.807, 2.05) is 0 Å². The van der Waals surface area contributed by atoms with Gasteiger partial charge in [-0.1, -0.05) is 11.6 Å². The Kier molecular flexibility index (Phi) is 4.03. The van der Waals surface area contributed by atoms with Crippen molar-refractivity contribution in [2.24, 2.45) is 5.92 Å². The zero-order chi connectivity index (χ0) is 14.2. The minimum absolute atomic E-state index is 0.0321. The van der Waals surface area contributed by atoms with Gasteiger partial charge < -0.3 is 4.90 Å². The van der Waals surface area contributed by atoms with Crippen LogP contribution in [0.2, 0.25) is 5.02 Å². The normalized spacial score (nSPS) is 20.1. The zero-order valence-corrected chi connectivity index (χ0v) is 12.0. The van der Waals surface area contributed by atoms with Crippen molar-refractivity contribution in [3.05, 3.63) is 29.0 Å².